The topological polar surface area (TPSA) is 71.8 Å². The van der Waals surface area contributed by atoms with Gasteiger partial charge in [-0.1, -0.05) is 41.9 Å². The molecule has 1 aliphatic heterocycles. The molecule has 1 atom stereocenters. The SMILES string of the molecule is O=C(NCCOc1cccc(Cl)c1)C1Cc2ccccc2CN1C(=O)c1ccco1. The number of amides is 2. The summed E-state index contributed by atoms with van der Waals surface area (Å²) in [5.74, 6) is 0.332. The van der Waals surface area contributed by atoms with Gasteiger partial charge in [0.1, 0.15) is 18.4 Å². The summed E-state index contributed by atoms with van der Waals surface area (Å²) in [6.45, 7) is 0.959. The molecule has 0 aliphatic carbocycles. The molecular formula is C23H21ClN2O4. The molecule has 1 aromatic heterocycles. The Bertz CT molecular complexity index is 1040. The average Bonchev–Trinajstić information content (AvgIpc) is 3.30. The fraction of sp³-hybridized carbons (Fsp3) is 0.217. The molecule has 3 aromatic rings. The van der Waals surface area contributed by atoms with E-state index in [-0.39, 0.29) is 17.6 Å². The number of nitrogens with zero attached hydrogens (tertiary/aromatic N) is 1. The lowest BCUT2D eigenvalue weighted by molar-refractivity contribution is -0.126. The van der Waals surface area contributed by atoms with Gasteiger partial charge in [0.05, 0.1) is 12.8 Å². The quantitative estimate of drug-likeness (QED) is 0.612. The van der Waals surface area contributed by atoms with Crippen molar-refractivity contribution < 1.29 is 18.7 Å². The highest BCUT2D eigenvalue weighted by Gasteiger charge is 2.35. The lowest BCUT2D eigenvalue weighted by Crippen LogP contribution is -2.53. The van der Waals surface area contributed by atoms with Gasteiger partial charge in [-0.25, -0.2) is 0 Å². The highest BCUT2D eigenvalue weighted by atomic mass is 35.5. The van der Waals surface area contributed by atoms with Gasteiger partial charge in [-0.05, 0) is 41.5 Å². The third kappa shape index (κ3) is 4.49. The van der Waals surface area contributed by atoms with E-state index in [1.807, 2.05) is 24.3 Å². The highest BCUT2D eigenvalue weighted by molar-refractivity contribution is 6.30. The molecule has 30 heavy (non-hydrogen) atoms. The summed E-state index contributed by atoms with van der Waals surface area (Å²) in [6.07, 6.45) is 1.90. The summed E-state index contributed by atoms with van der Waals surface area (Å²) < 4.78 is 10.9. The Labute approximate surface area is 179 Å². The van der Waals surface area contributed by atoms with Crippen LogP contribution in [0, 0.1) is 0 Å². The maximum atomic E-state index is 12.9. The molecule has 0 saturated heterocycles. The normalized spacial score (nSPS) is 15.4. The fourth-order valence-corrected chi connectivity index (χ4v) is 3.71. The van der Waals surface area contributed by atoms with Gasteiger partial charge in [0.15, 0.2) is 5.76 Å². The fourth-order valence-electron chi connectivity index (χ4n) is 3.53. The zero-order valence-corrected chi connectivity index (χ0v) is 17.0. The van der Waals surface area contributed by atoms with Gasteiger partial charge in [0.25, 0.3) is 5.91 Å². The molecule has 2 heterocycles. The Hall–Kier alpha value is -3.25. The molecule has 0 bridgehead atoms. The molecule has 7 heteroatoms. The molecule has 1 unspecified atom stereocenters. The summed E-state index contributed by atoms with van der Waals surface area (Å²) in [5.41, 5.74) is 2.10. The van der Waals surface area contributed by atoms with E-state index in [4.69, 9.17) is 20.8 Å². The predicted octanol–water partition coefficient (Wildman–Crippen LogP) is 3.70. The second kappa shape index (κ2) is 9.05. The first-order chi connectivity index (χ1) is 14.6. The molecule has 6 nitrogen and oxygen atoms in total. The van der Waals surface area contributed by atoms with Gasteiger partial charge < -0.3 is 19.4 Å². The number of carbonyl (C=O) groups is 2. The number of ether oxygens (including phenoxy) is 1. The van der Waals surface area contributed by atoms with Gasteiger partial charge in [-0.15, -0.1) is 0 Å². The summed E-state index contributed by atoms with van der Waals surface area (Å²) in [4.78, 5) is 27.5. The molecule has 2 aromatic carbocycles. The maximum Gasteiger partial charge on any atom is 0.290 e. The van der Waals surface area contributed by atoms with Gasteiger partial charge in [0.2, 0.25) is 5.91 Å². The van der Waals surface area contributed by atoms with Crippen LogP contribution in [-0.2, 0) is 17.8 Å². The molecule has 1 N–H and O–H groups in total. The maximum absolute atomic E-state index is 12.9. The smallest absolute Gasteiger partial charge is 0.290 e. The monoisotopic (exact) mass is 424 g/mol. The Morgan fingerprint density at radius 1 is 1.10 bits per heavy atom. The predicted molar refractivity (Wildman–Crippen MR) is 112 cm³/mol. The van der Waals surface area contributed by atoms with E-state index in [0.717, 1.165) is 11.1 Å². The molecule has 0 fully saturated rings. The van der Waals surface area contributed by atoms with Crippen LogP contribution in [0.3, 0.4) is 0 Å². The van der Waals surface area contributed by atoms with Gasteiger partial charge in [-0.2, -0.15) is 0 Å². The van der Waals surface area contributed by atoms with Crippen LogP contribution in [0.25, 0.3) is 0 Å². The van der Waals surface area contributed by atoms with Crippen LogP contribution < -0.4 is 10.1 Å². The summed E-state index contributed by atoms with van der Waals surface area (Å²) >= 11 is 5.94. The second-order valence-corrected chi connectivity index (χ2v) is 7.43. The highest BCUT2D eigenvalue weighted by Crippen LogP contribution is 2.25. The molecular weight excluding hydrogens is 404 g/mol. The first-order valence-corrected chi connectivity index (χ1v) is 10.1. The molecule has 154 valence electrons. The largest absolute Gasteiger partial charge is 0.492 e. The van der Waals surface area contributed by atoms with Crippen molar-refractivity contribution in [3.8, 4) is 5.75 Å². The number of carbonyl (C=O) groups excluding carboxylic acids is 2. The van der Waals surface area contributed by atoms with Gasteiger partial charge in [-0.3, -0.25) is 9.59 Å². The van der Waals surface area contributed by atoms with Gasteiger partial charge >= 0.3 is 0 Å². The first kappa shape index (κ1) is 20.0. The van der Waals surface area contributed by atoms with E-state index >= 15 is 0 Å². The summed E-state index contributed by atoms with van der Waals surface area (Å²) in [6, 6.07) is 17.6. The summed E-state index contributed by atoms with van der Waals surface area (Å²) in [5, 5.41) is 3.46. The van der Waals surface area contributed by atoms with Crippen LogP contribution in [0.5, 0.6) is 5.75 Å². The lowest BCUT2D eigenvalue weighted by atomic mass is 9.93. The van der Waals surface area contributed by atoms with Crippen molar-refractivity contribution in [1.82, 2.24) is 10.2 Å². The Morgan fingerprint density at radius 2 is 1.93 bits per heavy atom. The minimum atomic E-state index is -0.622. The van der Waals surface area contributed by atoms with Crippen LogP contribution in [0.4, 0.5) is 0 Å². The van der Waals surface area contributed by atoms with E-state index in [2.05, 4.69) is 5.32 Å². The molecule has 4 rings (SSSR count). The van der Waals surface area contributed by atoms with Crippen molar-refractivity contribution in [1.29, 1.82) is 0 Å². The van der Waals surface area contributed by atoms with E-state index in [9.17, 15) is 9.59 Å². The minimum absolute atomic E-state index is 0.219. The van der Waals surface area contributed by atoms with Crippen LogP contribution in [-0.4, -0.2) is 35.9 Å². The zero-order valence-electron chi connectivity index (χ0n) is 16.2. The van der Waals surface area contributed by atoms with Crippen molar-refractivity contribution in [2.75, 3.05) is 13.2 Å². The lowest BCUT2D eigenvalue weighted by Gasteiger charge is -2.35. The van der Waals surface area contributed by atoms with Crippen molar-refractivity contribution in [2.24, 2.45) is 0 Å². The number of halogens is 1. The third-order valence-electron chi connectivity index (χ3n) is 5.01. The minimum Gasteiger partial charge on any atom is -0.492 e. The van der Waals surface area contributed by atoms with Crippen LogP contribution >= 0.6 is 11.6 Å². The van der Waals surface area contributed by atoms with Crippen LogP contribution in [0.1, 0.15) is 21.7 Å². The van der Waals surface area contributed by atoms with Crippen molar-refractivity contribution in [2.45, 2.75) is 19.0 Å². The number of hydrogen-bond acceptors (Lipinski definition) is 4. The van der Waals surface area contributed by atoms with E-state index in [1.54, 1.807) is 41.3 Å². The Kier molecular flexibility index (Phi) is 6.05. The number of furan rings is 1. The standard InChI is InChI=1S/C23H21ClN2O4/c24-18-7-3-8-19(14-18)29-12-10-25-22(27)20-13-16-5-1-2-6-17(16)15-26(20)23(28)21-9-4-11-30-21/h1-9,11,14,20H,10,12-13,15H2,(H,25,27). The Balaban J connectivity index is 1.42. The third-order valence-corrected chi connectivity index (χ3v) is 5.25. The number of hydrogen-bond donors (Lipinski definition) is 1. The molecule has 2 amide bonds. The van der Waals surface area contributed by atoms with Gasteiger partial charge in [0, 0.05) is 18.0 Å². The van der Waals surface area contributed by atoms with Crippen molar-refractivity contribution >= 4 is 23.4 Å². The number of fused-ring (bicyclic) bond motifs is 1. The number of nitrogens with one attached hydrogen (secondary N) is 1. The molecule has 0 saturated carbocycles. The molecule has 0 spiro atoms. The average molecular weight is 425 g/mol. The van der Waals surface area contributed by atoms with E-state index in [1.165, 1.54) is 6.26 Å². The second-order valence-electron chi connectivity index (χ2n) is 7.00. The van der Waals surface area contributed by atoms with E-state index in [0.29, 0.717) is 36.9 Å². The number of rotatable bonds is 6. The molecule has 0 radical (unpaired) electrons. The zero-order chi connectivity index (χ0) is 20.9. The molecule has 1 aliphatic rings. The summed E-state index contributed by atoms with van der Waals surface area (Å²) in [7, 11) is 0. The first-order valence-electron chi connectivity index (χ1n) is 9.69. The Morgan fingerprint density at radius 3 is 2.70 bits per heavy atom. The van der Waals surface area contributed by atoms with E-state index < -0.39 is 6.04 Å². The van der Waals surface area contributed by atoms with Crippen LogP contribution in [0.2, 0.25) is 5.02 Å². The number of benzene rings is 2. The van der Waals surface area contributed by atoms with Crippen molar-refractivity contribution in [3.63, 3.8) is 0 Å². The van der Waals surface area contributed by atoms with Crippen LogP contribution in [0.15, 0.2) is 71.3 Å². The van der Waals surface area contributed by atoms with Crippen molar-refractivity contribution in [3.05, 3.63) is 88.8 Å².